The number of aryl methyl sites for hydroxylation is 1. The summed E-state index contributed by atoms with van der Waals surface area (Å²) in [6.07, 6.45) is 4.93. The van der Waals surface area contributed by atoms with E-state index in [2.05, 4.69) is 66.1 Å². The van der Waals surface area contributed by atoms with Gasteiger partial charge in [0, 0.05) is 35.9 Å². The summed E-state index contributed by atoms with van der Waals surface area (Å²) in [4.78, 5) is 4.53. The van der Waals surface area contributed by atoms with Gasteiger partial charge in [-0.2, -0.15) is 0 Å². The number of rotatable bonds is 1. The lowest BCUT2D eigenvalue weighted by molar-refractivity contribution is -0.660. The number of nitrogens with zero attached hydrogens (tertiary/aromatic N) is 2. The molecule has 2 nitrogen and oxygen atoms in total. The molecule has 0 saturated carbocycles. The first-order chi connectivity index (χ1) is 10.3. The molecule has 0 unspecified atom stereocenters. The molecule has 2 aromatic heterocycles. The van der Waals surface area contributed by atoms with E-state index in [4.69, 9.17) is 0 Å². The van der Waals surface area contributed by atoms with Crippen LogP contribution in [0.25, 0.3) is 22.4 Å². The monoisotopic (exact) mass is 273 g/mol. The van der Waals surface area contributed by atoms with E-state index in [1.165, 1.54) is 39.2 Å². The minimum absolute atomic E-state index is 0.952. The smallest absolute Gasteiger partial charge is 0.212 e. The Hall–Kier alpha value is -2.48. The van der Waals surface area contributed by atoms with Gasteiger partial charge in [-0.15, -0.1) is 0 Å². The van der Waals surface area contributed by atoms with Crippen LogP contribution < -0.4 is 4.57 Å². The average molecular weight is 273 g/mol. The summed E-state index contributed by atoms with van der Waals surface area (Å²) >= 11 is 0. The van der Waals surface area contributed by atoms with Gasteiger partial charge >= 0.3 is 0 Å². The summed E-state index contributed by atoms with van der Waals surface area (Å²) in [5, 5.41) is 0. The summed E-state index contributed by atoms with van der Waals surface area (Å²) in [5.74, 6) is 0. The zero-order valence-electron chi connectivity index (χ0n) is 12.3. The van der Waals surface area contributed by atoms with Crippen molar-refractivity contribution in [1.29, 1.82) is 0 Å². The van der Waals surface area contributed by atoms with Crippen LogP contribution in [0.15, 0.2) is 54.9 Å². The first-order valence-corrected chi connectivity index (χ1v) is 7.27. The van der Waals surface area contributed by atoms with Gasteiger partial charge in [0.25, 0.3) is 0 Å². The number of fused-ring (bicyclic) bond motifs is 3. The van der Waals surface area contributed by atoms with Gasteiger partial charge in [-0.25, -0.2) is 4.57 Å². The average Bonchev–Trinajstić information content (AvgIpc) is 2.88. The van der Waals surface area contributed by atoms with E-state index in [-0.39, 0.29) is 0 Å². The first-order valence-electron chi connectivity index (χ1n) is 7.27. The van der Waals surface area contributed by atoms with Crippen LogP contribution in [0.3, 0.4) is 0 Å². The number of aromatic nitrogens is 2. The van der Waals surface area contributed by atoms with Crippen LogP contribution in [0.1, 0.15) is 16.8 Å². The highest BCUT2D eigenvalue weighted by Gasteiger charge is 2.24. The molecule has 102 valence electrons. The second kappa shape index (κ2) is 4.52. The van der Waals surface area contributed by atoms with Gasteiger partial charge in [0.05, 0.1) is 5.69 Å². The van der Waals surface area contributed by atoms with Crippen molar-refractivity contribution in [3.63, 3.8) is 0 Å². The van der Waals surface area contributed by atoms with Gasteiger partial charge in [-0.3, -0.25) is 4.98 Å². The molecule has 3 aromatic rings. The summed E-state index contributed by atoms with van der Waals surface area (Å²) in [5.41, 5.74) is 9.16. The third-order valence-electron chi connectivity index (χ3n) is 4.40. The number of hydrogen-bond donors (Lipinski definition) is 0. The zero-order chi connectivity index (χ0) is 14.4. The van der Waals surface area contributed by atoms with E-state index >= 15 is 0 Å². The van der Waals surface area contributed by atoms with Crippen LogP contribution in [0.2, 0.25) is 0 Å². The van der Waals surface area contributed by atoms with Crippen LogP contribution in [-0.2, 0) is 13.5 Å². The molecule has 0 bridgehead atoms. The minimum atomic E-state index is 0.952. The zero-order valence-corrected chi connectivity index (χ0v) is 12.3. The molecule has 0 spiro atoms. The quantitative estimate of drug-likeness (QED) is 0.485. The largest absolute Gasteiger partial charge is 0.260 e. The predicted octanol–water partition coefficient (Wildman–Crippen LogP) is 3.45. The molecule has 2 heterocycles. The number of hydrogen-bond acceptors (Lipinski definition) is 1. The molecular weight excluding hydrogens is 256 g/mol. The van der Waals surface area contributed by atoms with Crippen LogP contribution in [0, 0.1) is 6.92 Å². The van der Waals surface area contributed by atoms with Gasteiger partial charge < -0.3 is 0 Å². The number of pyridine rings is 2. The molecular formula is C19H17N2+. The molecule has 1 aromatic carbocycles. The van der Waals surface area contributed by atoms with E-state index < -0.39 is 0 Å². The second-order valence-corrected chi connectivity index (χ2v) is 5.64. The summed E-state index contributed by atoms with van der Waals surface area (Å²) in [6, 6.07) is 15.1. The highest BCUT2D eigenvalue weighted by Crippen LogP contribution is 2.40. The fraction of sp³-hybridized carbons (Fsp3) is 0.158. The SMILES string of the molecule is Cc1c(-c2cccc[n+]2C)ccc2c1-c1cccnc1C2. The topological polar surface area (TPSA) is 16.8 Å². The molecule has 0 radical (unpaired) electrons. The van der Waals surface area contributed by atoms with Crippen molar-refractivity contribution in [2.45, 2.75) is 13.3 Å². The Bertz CT molecular complexity index is 850. The van der Waals surface area contributed by atoms with Crippen LogP contribution in [0.5, 0.6) is 0 Å². The fourth-order valence-electron chi connectivity index (χ4n) is 3.36. The summed E-state index contributed by atoms with van der Waals surface area (Å²) < 4.78 is 2.17. The Kier molecular flexibility index (Phi) is 2.64. The minimum Gasteiger partial charge on any atom is -0.260 e. The molecule has 0 saturated heterocycles. The van der Waals surface area contributed by atoms with Crippen LogP contribution in [0.4, 0.5) is 0 Å². The van der Waals surface area contributed by atoms with E-state index in [9.17, 15) is 0 Å². The molecule has 21 heavy (non-hydrogen) atoms. The molecule has 4 rings (SSSR count). The third-order valence-corrected chi connectivity index (χ3v) is 4.40. The first kappa shape index (κ1) is 12.3. The van der Waals surface area contributed by atoms with Gasteiger partial charge in [-0.05, 0) is 41.8 Å². The van der Waals surface area contributed by atoms with Crippen molar-refractivity contribution < 1.29 is 4.57 Å². The van der Waals surface area contributed by atoms with Crippen molar-refractivity contribution in [2.75, 3.05) is 0 Å². The third kappa shape index (κ3) is 1.79. The molecule has 0 N–H and O–H groups in total. The Balaban J connectivity index is 1.98. The highest BCUT2D eigenvalue weighted by molar-refractivity contribution is 5.83. The second-order valence-electron chi connectivity index (χ2n) is 5.64. The highest BCUT2D eigenvalue weighted by atomic mass is 14.9. The normalized spacial score (nSPS) is 12.1. The maximum Gasteiger partial charge on any atom is 0.212 e. The Labute approximate surface area is 124 Å². The van der Waals surface area contributed by atoms with E-state index in [0.717, 1.165) is 6.42 Å². The van der Waals surface area contributed by atoms with Crippen LogP contribution in [-0.4, -0.2) is 4.98 Å². The van der Waals surface area contributed by atoms with Crippen molar-refractivity contribution in [1.82, 2.24) is 4.98 Å². The summed E-state index contributed by atoms with van der Waals surface area (Å²) in [7, 11) is 2.09. The van der Waals surface area contributed by atoms with Crippen molar-refractivity contribution in [3.8, 4) is 22.4 Å². The standard InChI is InChI=1S/C19H17N2/c1-13-15(18-7-3-4-11-21(18)2)9-8-14-12-17-16(19(13)14)6-5-10-20-17/h3-11H,12H2,1-2H3/q+1. The van der Waals surface area contributed by atoms with Gasteiger partial charge in [-0.1, -0.05) is 12.1 Å². The van der Waals surface area contributed by atoms with Crippen molar-refractivity contribution in [2.24, 2.45) is 7.05 Å². The molecule has 1 aliphatic rings. The van der Waals surface area contributed by atoms with E-state index in [0.29, 0.717) is 0 Å². The lowest BCUT2D eigenvalue weighted by Gasteiger charge is -2.10. The molecule has 1 aliphatic carbocycles. The lowest BCUT2D eigenvalue weighted by Crippen LogP contribution is -2.30. The van der Waals surface area contributed by atoms with Crippen molar-refractivity contribution in [3.05, 3.63) is 71.7 Å². The van der Waals surface area contributed by atoms with Crippen molar-refractivity contribution >= 4 is 0 Å². The molecule has 2 heteroatoms. The van der Waals surface area contributed by atoms with Gasteiger partial charge in [0.15, 0.2) is 6.20 Å². The Morgan fingerprint density at radius 3 is 2.76 bits per heavy atom. The molecule has 0 amide bonds. The van der Waals surface area contributed by atoms with E-state index in [1.54, 1.807) is 0 Å². The van der Waals surface area contributed by atoms with E-state index in [1.807, 2.05) is 12.3 Å². The Morgan fingerprint density at radius 1 is 1.00 bits per heavy atom. The number of benzene rings is 1. The Morgan fingerprint density at radius 2 is 1.90 bits per heavy atom. The molecule has 0 fully saturated rings. The lowest BCUT2D eigenvalue weighted by atomic mass is 9.94. The maximum absolute atomic E-state index is 4.53. The van der Waals surface area contributed by atoms with Gasteiger partial charge in [0.1, 0.15) is 7.05 Å². The van der Waals surface area contributed by atoms with Crippen LogP contribution >= 0.6 is 0 Å². The fourth-order valence-corrected chi connectivity index (χ4v) is 3.36. The van der Waals surface area contributed by atoms with Gasteiger partial charge in [0.2, 0.25) is 5.69 Å². The molecule has 0 atom stereocenters. The predicted molar refractivity (Wildman–Crippen MR) is 83.8 cm³/mol. The summed E-state index contributed by atoms with van der Waals surface area (Å²) in [6.45, 7) is 2.23. The maximum atomic E-state index is 4.53. The molecule has 0 aliphatic heterocycles.